The smallest absolute Gasteiger partial charge is 0.287 e. The van der Waals surface area contributed by atoms with Gasteiger partial charge in [0.1, 0.15) is 5.52 Å². The lowest BCUT2D eigenvalue weighted by molar-refractivity contribution is 0.0874. The molecule has 4 nitrogen and oxygen atoms in total. The molecule has 0 fully saturated rings. The number of allylic oxidation sites excluding steroid dienone is 1. The summed E-state index contributed by atoms with van der Waals surface area (Å²) in [7, 11) is 0. The van der Waals surface area contributed by atoms with E-state index < -0.39 is 0 Å². The van der Waals surface area contributed by atoms with E-state index in [2.05, 4.69) is 29.4 Å². The van der Waals surface area contributed by atoms with Crippen LogP contribution in [-0.4, -0.2) is 16.4 Å². The number of aromatic nitrogens is 1. The SMILES string of the molecule is Cc1ccc2oc(C(=O)NC3(C)CC=CCC3)cc2n1. The lowest BCUT2D eigenvalue weighted by Crippen LogP contribution is -2.46. The average Bonchev–Trinajstić information content (AvgIpc) is 2.82. The molecule has 0 aliphatic heterocycles. The van der Waals surface area contributed by atoms with Gasteiger partial charge in [-0.15, -0.1) is 0 Å². The van der Waals surface area contributed by atoms with Crippen LogP contribution >= 0.6 is 0 Å². The second-order valence-corrected chi connectivity index (χ2v) is 5.68. The van der Waals surface area contributed by atoms with E-state index in [1.807, 2.05) is 19.1 Å². The van der Waals surface area contributed by atoms with Gasteiger partial charge < -0.3 is 9.73 Å². The maximum Gasteiger partial charge on any atom is 0.287 e. The highest BCUT2D eigenvalue weighted by Gasteiger charge is 2.28. The monoisotopic (exact) mass is 270 g/mol. The van der Waals surface area contributed by atoms with Gasteiger partial charge in [-0.05, 0) is 45.2 Å². The summed E-state index contributed by atoms with van der Waals surface area (Å²) in [5.41, 5.74) is 2.10. The minimum atomic E-state index is -0.186. The van der Waals surface area contributed by atoms with Gasteiger partial charge in [0.15, 0.2) is 11.3 Å². The van der Waals surface area contributed by atoms with Crippen molar-refractivity contribution < 1.29 is 9.21 Å². The zero-order valence-corrected chi connectivity index (χ0v) is 11.8. The highest BCUT2D eigenvalue weighted by molar-refractivity contribution is 5.95. The molecule has 104 valence electrons. The van der Waals surface area contributed by atoms with E-state index in [1.54, 1.807) is 6.07 Å². The van der Waals surface area contributed by atoms with Gasteiger partial charge in [0.2, 0.25) is 0 Å². The van der Waals surface area contributed by atoms with Crippen LogP contribution in [0.3, 0.4) is 0 Å². The molecule has 1 atom stereocenters. The zero-order chi connectivity index (χ0) is 14.2. The molecule has 0 aromatic carbocycles. The molecule has 2 aromatic rings. The minimum Gasteiger partial charge on any atom is -0.449 e. The van der Waals surface area contributed by atoms with Crippen LogP contribution in [0.1, 0.15) is 42.4 Å². The Morgan fingerprint density at radius 3 is 3.00 bits per heavy atom. The Balaban J connectivity index is 1.83. The van der Waals surface area contributed by atoms with Crippen molar-refractivity contribution in [1.82, 2.24) is 10.3 Å². The van der Waals surface area contributed by atoms with Crippen molar-refractivity contribution in [3.05, 3.63) is 41.8 Å². The molecule has 2 heterocycles. The molecule has 0 radical (unpaired) electrons. The Kier molecular flexibility index (Phi) is 3.08. The molecule has 0 bridgehead atoms. The molecule has 1 amide bonds. The molecule has 1 aliphatic rings. The van der Waals surface area contributed by atoms with Gasteiger partial charge in [-0.3, -0.25) is 4.79 Å². The molecule has 4 heteroatoms. The fourth-order valence-electron chi connectivity index (χ4n) is 2.55. The van der Waals surface area contributed by atoms with Crippen LogP contribution in [0.2, 0.25) is 0 Å². The Morgan fingerprint density at radius 2 is 2.25 bits per heavy atom. The Bertz CT molecular complexity index is 687. The molecule has 0 saturated heterocycles. The van der Waals surface area contributed by atoms with Gasteiger partial charge >= 0.3 is 0 Å². The number of amides is 1. The summed E-state index contributed by atoms with van der Waals surface area (Å²) in [5, 5.41) is 3.08. The second kappa shape index (κ2) is 4.78. The van der Waals surface area contributed by atoms with E-state index in [0.29, 0.717) is 11.3 Å². The van der Waals surface area contributed by atoms with Crippen molar-refractivity contribution >= 4 is 17.0 Å². The fourth-order valence-corrected chi connectivity index (χ4v) is 2.55. The van der Waals surface area contributed by atoms with E-state index in [4.69, 9.17) is 4.42 Å². The maximum absolute atomic E-state index is 12.3. The Labute approximate surface area is 117 Å². The summed E-state index contributed by atoms with van der Waals surface area (Å²) in [6, 6.07) is 5.43. The second-order valence-electron chi connectivity index (χ2n) is 5.68. The molecular formula is C16H18N2O2. The molecule has 20 heavy (non-hydrogen) atoms. The summed E-state index contributed by atoms with van der Waals surface area (Å²) in [5.74, 6) is 0.160. The van der Waals surface area contributed by atoms with Crippen LogP contribution in [0.25, 0.3) is 11.1 Å². The third kappa shape index (κ3) is 2.46. The Hall–Kier alpha value is -2.10. The predicted molar refractivity (Wildman–Crippen MR) is 77.6 cm³/mol. The van der Waals surface area contributed by atoms with Crippen molar-refractivity contribution in [1.29, 1.82) is 0 Å². The van der Waals surface area contributed by atoms with Gasteiger partial charge in [0.25, 0.3) is 5.91 Å². The van der Waals surface area contributed by atoms with Gasteiger partial charge in [0.05, 0.1) is 0 Å². The normalized spacial score (nSPS) is 22.1. The van der Waals surface area contributed by atoms with Crippen molar-refractivity contribution in [3.63, 3.8) is 0 Å². The first-order chi connectivity index (χ1) is 9.56. The number of aryl methyl sites for hydroxylation is 1. The molecule has 1 N–H and O–H groups in total. The van der Waals surface area contributed by atoms with E-state index >= 15 is 0 Å². The third-order valence-electron chi connectivity index (χ3n) is 3.75. The molecular weight excluding hydrogens is 252 g/mol. The number of hydrogen-bond donors (Lipinski definition) is 1. The van der Waals surface area contributed by atoms with Crippen molar-refractivity contribution in [3.8, 4) is 0 Å². The lowest BCUT2D eigenvalue weighted by Gasteiger charge is -2.31. The van der Waals surface area contributed by atoms with Crippen LogP contribution in [0.15, 0.2) is 34.8 Å². The highest BCUT2D eigenvalue weighted by Crippen LogP contribution is 2.24. The van der Waals surface area contributed by atoms with E-state index in [9.17, 15) is 4.79 Å². The number of rotatable bonds is 2. The van der Waals surface area contributed by atoms with Gasteiger partial charge in [-0.25, -0.2) is 4.98 Å². The maximum atomic E-state index is 12.3. The topological polar surface area (TPSA) is 55.1 Å². The number of furan rings is 1. The molecule has 0 saturated carbocycles. The zero-order valence-electron chi connectivity index (χ0n) is 11.8. The number of carbonyl (C=O) groups excluding carboxylic acids is 1. The standard InChI is InChI=1S/C16H18N2O2/c1-11-6-7-13-12(17-11)10-14(20-13)15(19)18-16(2)8-4-3-5-9-16/h3-4,6-7,10H,5,8-9H2,1-2H3,(H,18,19). The molecule has 1 unspecified atom stereocenters. The summed E-state index contributed by atoms with van der Waals surface area (Å²) in [4.78, 5) is 16.7. The summed E-state index contributed by atoms with van der Waals surface area (Å²) in [6.07, 6.45) is 7.08. The first-order valence-electron chi connectivity index (χ1n) is 6.90. The summed E-state index contributed by atoms with van der Waals surface area (Å²) >= 11 is 0. The lowest BCUT2D eigenvalue weighted by atomic mass is 9.87. The number of fused-ring (bicyclic) bond motifs is 1. The van der Waals surface area contributed by atoms with Gasteiger partial charge in [-0.2, -0.15) is 0 Å². The van der Waals surface area contributed by atoms with Crippen molar-refractivity contribution in [2.45, 2.75) is 38.6 Å². The van der Waals surface area contributed by atoms with Crippen LogP contribution < -0.4 is 5.32 Å². The minimum absolute atomic E-state index is 0.168. The predicted octanol–water partition coefficient (Wildman–Crippen LogP) is 3.36. The summed E-state index contributed by atoms with van der Waals surface area (Å²) < 4.78 is 5.58. The largest absolute Gasteiger partial charge is 0.449 e. The number of carbonyl (C=O) groups is 1. The fraction of sp³-hybridized carbons (Fsp3) is 0.375. The van der Waals surface area contributed by atoms with Gasteiger partial charge in [-0.1, -0.05) is 12.2 Å². The number of nitrogens with one attached hydrogen (secondary N) is 1. The van der Waals surface area contributed by atoms with Crippen LogP contribution in [0, 0.1) is 6.92 Å². The number of hydrogen-bond acceptors (Lipinski definition) is 3. The average molecular weight is 270 g/mol. The van der Waals surface area contributed by atoms with E-state index in [0.717, 1.165) is 30.5 Å². The first-order valence-corrected chi connectivity index (χ1v) is 6.90. The highest BCUT2D eigenvalue weighted by atomic mass is 16.3. The van der Waals surface area contributed by atoms with Crippen LogP contribution in [0.4, 0.5) is 0 Å². The molecule has 3 rings (SSSR count). The molecule has 0 spiro atoms. The van der Waals surface area contributed by atoms with Crippen LogP contribution in [0.5, 0.6) is 0 Å². The van der Waals surface area contributed by atoms with E-state index in [1.165, 1.54) is 0 Å². The van der Waals surface area contributed by atoms with Crippen molar-refractivity contribution in [2.24, 2.45) is 0 Å². The van der Waals surface area contributed by atoms with Gasteiger partial charge in [0, 0.05) is 17.3 Å². The number of pyridine rings is 1. The third-order valence-corrected chi connectivity index (χ3v) is 3.75. The van der Waals surface area contributed by atoms with Crippen LogP contribution in [-0.2, 0) is 0 Å². The van der Waals surface area contributed by atoms with Crippen molar-refractivity contribution in [2.75, 3.05) is 0 Å². The molecule has 2 aromatic heterocycles. The molecule has 1 aliphatic carbocycles. The Morgan fingerprint density at radius 1 is 1.40 bits per heavy atom. The van der Waals surface area contributed by atoms with E-state index in [-0.39, 0.29) is 11.4 Å². The quantitative estimate of drug-likeness (QED) is 0.851. The summed E-state index contributed by atoms with van der Waals surface area (Å²) in [6.45, 7) is 3.99. The first kappa shape index (κ1) is 12.9. The number of nitrogens with zero attached hydrogens (tertiary/aromatic N) is 1.